The van der Waals surface area contributed by atoms with E-state index >= 15 is 0 Å². The Morgan fingerprint density at radius 2 is 1.70 bits per heavy atom. The Labute approximate surface area is 164 Å². The van der Waals surface area contributed by atoms with Crippen LogP contribution in [-0.4, -0.2) is 53.1 Å². The van der Waals surface area contributed by atoms with Gasteiger partial charge in [-0.2, -0.15) is 4.98 Å². The number of likely N-dealkylation sites (tertiary alicyclic amines) is 1. The average Bonchev–Trinajstić information content (AvgIpc) is 2.94. The van der Waals surface area contributed by atoms with Crippen molar-refractivity contribution in [3.63, 3.8) is 0 Å². The summed E-state index contributed by atoms with van der Waals surface area (Å²) in [5.41, 5.74) is 0. The fourth-order valence-electron chi connectivity index (χ4n) is 5.52. The molecule has 2 saturated heterocycles. The molecule has 4 rings (SSSR count). The molecule has 1 aliphatic carbocycles. The van der Waals surface area contributed by atoms with E-state index in [1.165, 1.54) is 57.9 Å². The Hall–Kier alpha value is -1.36. The van der Waals surface area contributed by atoms with Gasteiger partial charge in [-0.25, -0.2) is 4.98 Å². The van der Waals surface area contributed by atoms with E-state index in [1.807, 2.05) is 6.20 Å². The smallest absolute Gasteiger partial charge is 0.224 e. The van der Waals surface area contributed by atoms with E-state index in [2.05, 4.69) is 40.0 Å². The van der Waals surface area contributed by atoms with Gasteiger partial charge >= 0.3 is 0 Å². The minimum atomic E-state index is 0.483. The fraction of sp³-hybridized carbons (Fsp3) is 0.818. The molecule has 3 unspecified atom stereocenters. The van der Waals surface area contributed by atoms with Crippen molar-refractivity contribution in [2.24, 2.45) is 11.8 Å². The van der Waals surface area contributed by atoms with E-state index in [0.717, 1.165) is 49.3 Å². The Balaban J connectivity index is 1.34. The van der Waals surface area contributed by atoms with Crippen molar-refractivity contribution in [1.29, 1.82) is 0 Å². The van der Waals surface area contributed by atoms with E-state index in [1.54, 1.807) is 0 Å². The number of hydrogen-bond donors (Lipinski definition) is 1. The second-order valence-electron chi connectivity index (χ2n) is 9.34. The second kappa shape index (κ2) is 8.76. The second-order valence-corrected chi connectivity index (χ2v) is 9.34. The third-order valence-corrected chi connectivity index (χ3v) is 6.79. The minimum Gasteiger partial charge on any atom is -0.356 e. The lowest BCUT2D eigenvalue weighted by Gasteiger charge is -2.37. The van der Waals surface area contributed by atoms with E-state index in [-0.39, 0.29) is 0 Å². The first-order valence-electron chi connectivity index (χ1n) is 11.3. The molecule has 0 spiro atoms. The van der Waals surface area contributed by atoms with Crippen molar-refractivity contribution in [2.45, 2.75) is 77.3 Å². The largest absolute Gasteiger partial charge is 0.356 e. The first kappa shape index (κ1) is 19.0. The molecule has 1 aromatic rings. The zero-order chi connectivity index (χ0) is 18.6. The van der Waals surface area contributed by atoms with Gasteiger partial charge in [-0.1, -0.05) is 26.7 Å². The molecule has 0 aromatic carbocycles. The minimum absolute atomic E-state index is 0.483. The van der Waals surface area contributed by atoms with Crippen molar-refractivity contribution in [1.82, 2.24) is 14.9 Å². The third-order valence-electron chi connectivity index (χ3n) is 6.79. The molecule has 3 fully saturated rings. The Morgan fingerprint density at radius 1 is 0.963 bits per heavy atom. The van der Waals surface area contributed by atoms with Gasteiger partial charge in [0, 0.05) is 44.5 Å². The lowest BCUT2D eigenvalue weighted by Crippen LogP contribution is -2.40. The molecule has 2 aliphatic heterocycles. The molecular formula is C22H37N5. The quantitative estimate of drug-likeness (QED) is 0.861. The van der Waals surface area contributed by atoms with Gasteiger partial charge in [-0.3, -0.25) is 4.90 Å². The van der Waals surface area contributed by atoms with Crippen LogP contribution in [0.15, 0.2) is 12.3 Å². The maximum Gasteiger partial charge on any atom is 0.224 e. The molecule has 27 heavy (non-hydrogen) atoms. The van der Waals surface area contributed by atoms with E-state index < -0.39 is 0 Å². The zero-order valence-electron chi connectivity index (χ0n) is 17.2. The summed E-state index contributed by atoms with van der Waals surface area (Å²) in [6.45, 7) is 9.47. The van der Waals surface area contributed by atoms with E-state index in [4.69, 9.17) is 4.98 Å². The van der Waals surface area contributed by atoms with Crippen molar-refractivity contribution in [2.75, 3.05) is 36.4 Å². The van der Waals surface area contributed by atoms with E-state index in [0.29, 0.717) is 6.04 Å². The molecular weight excluding hydrogens is 334 g/mol. The summed E-state index contributed by atoms with van der Waals surface area (Å²) >= 11 is 0. The zero-order valence-corrected chi connectivity index (χ0v) is 17.2. The van der Waals surface area contributed by atoms with Crippen LogP contribution in [-0.2, 0) is 0 Å². The van der Waals surface area contributed by atoms with Crippen LogP contribution in [0.25, 0.3) is 0 Å². The van der Waals surface area contributed by atoms with Gasteiger partial charge in [0.05, 0.1) is 0 Å². The summed E-state index contributed by atoms with van der Waals surface area (Å²) in [6, 6.07) is 3.33. The fourth-order valence-corrected chi connectivity index (χ4v) is 5.52. The Bertz CT molecular complexity index is 588. The monoisotopic (exact) mass is 371 g/mol. The average molecular weight is 372 g/mol. The van der Waals surface area contributed by atoms with Crippen LogP contribution in [0.5, 0.6) is 0 Å². The lowest BCUT2D eigenvalue weighted by atomic mass is 9.80. The molecule has 3 heterocycles. The topological polar surface area (TPSA) is 44.3 Å². The SMILES string of the molecule is CC1CC(C)CC(N2CCC(Nc3nccc(N4CCCCCC4)n3)C2)C1. The van der Waals surface area contributed by atoms with Crippen molar-refractivity contribution in [3.05, 3.63) is 12.3 Å². The maximum atomic E-state index is 4.85. The van der Waals surface area contributed by atoms with Gasteiger partial charge in [0.15, 0.2) is 0 Å². The standard InChI is InChI=1S/C22H37N5/c1-17-13-18(2)15-20(14-17)27-12-8-19(16-27)24-22-23-9-7-21(25-22)26-10-5-3-4-6-11-26/h7,9,17-20H,3-6,8,10-16H2,1-2H3,(H,23,24,25). The van der Waals surface area contributed by atoms with Gasteiger partial charge < -0.3 is 10.2 Å². The Kier molecular flexibility index (Phi) is 6.16. The molecule has 5 heteroatoms. The van der Waals surface area contributed by atoms with E-state index in [9.17, 15) is 0 Å². The lowest BCUT2D eigenvalue weighted by molar-refractivity contribution is 0.132. The molecule has 0 bridgehead atoms. The molecule has 5 nitrogen and oxygen atoms in total. The van der Waals surface area contributed by atoms with Crippen LogP contribution in [0.4, 0.5) is 11.8 Å². The van der Waals surface area contributed by atoms with Crippen LogP contribution in [0, 0.1) is 11.8 Å². The molecule has 1 aromatic heterocycles. The van der Waals surface area contributed by atoms with Gasteiger partial charge in [0.25, 0.3) is 0 Å². The number of anilines is 2. The Morgan fingerprint density at radius 3 is 2.44 bits per heavy atom. The van der Waals surface area contributed by atoms with Crippen molar-refractivity contribution >= 4 is 11.8 Å². The van der Waals surface area contributed by atoms with Crippen molar-refractivity contribution in [3.8, 4) is 0 Å². The van der Waals surface area contributed by atoms with Crippen LogP contribution in [0.2, 0.25) is 0 Å². The van der Waals surface area contributed by atoms with Gasteiger partial charge in [0.2, 0.25) is 5.95 Å². The summed E-state index contributed by atoms with van der Waals surface area (Å²) in [5, 5.41) is 3.64. The number of aromatic nitrogens is 2. The van der Waals surface area contributed by atoms with Crippen LogP contribution in [0.1, 0.15) is 65.2 Å². The molecule has 1 saturated carbocycles. The third kappa shape index (κ3) is 4.92. The molecule has 1 N–H and O–H groups in total. The van der Waals surface area contributed by atoms with Gasteiger partial charge in [0.1, 0.15) is 5.82 Å². The maximum absolute atomic E-state index is 4.85. The number of nitrogens with zero attached hydrogens (tertiary/aromatic N) is 4. The summed E-state index contributed by atoms with van der Waals surface area (Å²) in [4.78, 5) is 14.5. The highest BCUT2D eigenvalue weighted by Crippen LogP contribution is 2.33. The molecule has 0 radical (unpaired) electrons. The summed E-state index contributed by atoms with van der Waals surface area (Å²) in [6.07, 6.45) is 12.5. The summed E-state index contributed by atoms with van der Waals surface area (Å²) < 4.78 is 0. The number of nitrogens with one attached hydrogen (secondary N) is 1. The highest BCUT2D eigenvalue weighted by atomic mass is 15.3. The first-order valence-corrected chi connectivity index (χ1v) is 11.3. The highest BCUT2D eigenvalue weighted by Gasteiger charge is 2.33. The number of hydrogen-bond acceptors (Lipinski definition) is 5. The molecule has 0 amide bonds. The van der Waals surface area contributed by atoms with Gasteiger partial charge in [-0.05, 0) is 56.4 Å². The predicted molar refractivity (Wildman–Crippen MR) is 112 cm³/mol. The summed E-state index contributed by atoms with van der Waals surface area (Å²) in [5.74, 6) is 3.66. The predicted octanol–water partition coefficient (Wildman–Crippen LogP) is 4.17. The van der Waals surface area contributed by atoms with Crippen molar-refractivity contribution < 1.29 is 0 Å². The molecule has 3 aliphatic rings. The first-order chi connectivity index (χ1) is 13.2. The molecule has 3 atom stereocenters. The van der Waals surface area contributed by atoms with Crippen LogP contribution < -0.4 is 10.2 Å². The van der Waals surface area contributed by atoms with Gasteiger partial charge in [-0.15, -0.1) is 0 Å². The summed E-state index contributed by atoms with van der Waals surface area (Å²) in [7, 11) is 0. The highest BCUT2D eigenvalue weighted by molar-refractivity contribution is 5.43. The normalized spacial score (nSPS) is 33.0. The molecule has 150 valence electrons. The van der Waals surface area contributed by atoms with Crippen LogP contribution in [0.3, 0.4) is 0 Å². The van der Waals surface area contributed by atoms with Crippen LogP contribution >= 0.6 is 0 Å². The number of rotatable bonds is 4.